The summed E-state index contributed by atoms with van der Waals surface area (Å²) in [7, 11) is 1.76. The Balaban J connectivity index is 1.89. The standard InChI is InChI=1S/C17H18N4O2/c1-20(15(9-10-22)13-5-3-2-4-6-13)17(23)14-7-8-16-19-18-12-21(16)11-14/h2-8,11-12,15,22H,9-10H2,1H3. The maximum Gasteiger partial charge on any atom is 0.255 e. The van der Waals surface area contributed by atoms with E-state index < -0.39 is 0 Å². The number of fused-ring (bicyclic) bond motifs is 1. The van der Waals surface area contributed by atoms with Crippen LogP contribution >= 0.6 is 0 Å². The molecule has 0 saturated heterocycles. The number of carbonyl (C=O) groups excluding carboxylic acids is 1. The Labute approximate surface area is 134 Å². The number of amides is 1. The Bertz CT molecular complexity index is 800. The van der Waals surface area contributed by atoms with Gasteiger partial charge in [0.15, 0.2) is 5.65 Å². The molecule has 0 radical (unpaired) electrons. The molecule has 1 atom stereocenters. The lowest BCUT2D eigenvalue weighted by Gasteiger charge is -2.28. The van der Waals surface area contributed by atoms with Gasteiger partial charge in [-0.15, -0.1) is 10.2 Å². The fraction of sp³-hybridized carbons (Fsp3) is 0.235. The predicted molar refractivity (Wildman–Crippen MR) is 86.0 cm³/mol. The molecule has 0 fully saturated rings. The number of aliphatic hydroxyl groups is 1. The highest BCUT2D eigenvalue weighted by atomic mass is 16.3. The molecule has 1 amide bonds. The van der Waals surface area contributed by atoms with E-state index in [1.807, 2.05) is 30.3 Å². The molecule has 0 bridgehead atoms. The summed E-state index contributed by atoms with van der Waals surface area (Å²) in [5.74, 6) is -0.108. The van der Waals surface area contributed by atoms with Crippen molar-refractivity contribution in [3.8, 4) is 0 Å². The monoisotopic (exact) mass is 310 g/mol. The largest absolute Gasteiger partial charge is 0.396 e. The first-order chi connectivity index (χ1) is 11.2. The van der Waals surface area contributed by atoms with Crippen LogP contribution in [0.4, 0.5) is 0 Å². The second-order valence-electron chi connectivity index (χ2n) is 5.37. The number of pyridine rings is 1. The average molecular weight is 310 g/mol. The van der Waals surface area contributed by atoms with Crippen LogP contribution in [0.5, 0.6) is 0 Å². The molecule has 2 aromatic heterocycles. The van der Waals surface area contributed by atoms with Gasteiger partial charge in [-0.2, -0.15) is 0 Å². The van der Waals surface area contributed by atoms with Crippen LogP contribution in [0.15, 0.2) is 55.0 Å². The van der Waals surface area contributed by atoms with Crippen LogP contribution in [0.2, 0.25) is 0 Å². The van der Waals surface area contributed by atoms with Crippen LogP contribution in [-0.2, 0) is 0 Å². The van der Waals surface area contributed by atoms with Crippen molar-refractivity contribution >= 4 is 11.6 Å². The summed E-state index contributed by atoms with van der Waals surface area (Å²) >= 11 is 0. The van der Waals surface area contributed by atoms with E-state index in [-0.39, 0.29) is 18.6 Å². The normalized spacial score (nSPS) is 12.3. The van der Waals surface area contributed by atoms with Crippen molar-refractivity contribution in [2.75, 3.05) is 13.7 Å². The highest BCUT2D eigenvalue weighted by Gasteiger charge is 2.22. The number of nitrogens with zero attached hydrogens (tertiary/aromatic N) is 4. The van der Waals surface area contributed by atoms with Crippen LogP contribution in [0, 0.1) is 0 Å². The van der Waals surface area contributed by atoms with Crippen molar-refractivity contribution in [3.63, 3.8) is 0 Å². The maximum absolute atomic E-state index is 12.8. The van der Waals surface area contributed by atoms with Gasteiger partial charge in [-0.05, 0) is 24.1 Å². The first kappa shape index (κ1) is 15.2. The van der Waals surface area contributed by atoms with Crippen LogP contribution in [0.3, 0.4) is 0 Å². The van der Waals surface area contributed by atoms with Crippen LogP contribution < -0.4 is 0 Å². The van der Waals surface area contributed by atoms with Gasteiger partial charge in [0, 0.05) is 19.9 Å². The van der Waals surface area contributed by atoms with E-state index in [0.29, 0.717) is 17.6 Å². The molecule has 1 N–H and O–H groups in total. The summed E-state index contributed by atoms with van der Waals surface area (Å²) < 4.78 is 1.71. The SMILES string of the molecule is CN(C(=O)c1ccc2nncn2c1)C(CCO)c1ccccc1. The Kier molecular flexibility index (Phi) is 4.34. The van der Waals surface area contributed by atoms with Gasteiger partial charge < -0.3 is 10.0 Å². The number of rotatable bonds is 5. The number of hydrogen-bond acceptors (Lipinski definition) is 4. The van der Waals surface area contributed by atoms with E-state index >= 15 is 0 Å². The van der Waals surface area contributed by atoms with E-state index in [1.54, 1.807) is 41.0 Å². The fourth-order valence-corrected chi connectivity index (χ4v) is 2.68. The minimum absolute atomic E-state index is 0.0155. The quantitative estimate of drug-likeness (QED) is 0.781. The molecule has 1 aromatic carbocycles. The van der Waals surface area contributed by atoms with E-state index in [2.05, 4.69) is 10.2 Å². The summed E-state index contributed by atoms with van der Waals surface area (Å²) in [6, 6.07) is 13.1. The molecular formula is C17H18N4O2. The third kappa shape index (κ3) is 3.07. The smallest absolute Gasteiger partial charge is 0.255 e. The molecule has 3 rings (SSSR count). The Morgan fingerprint density at radius 2 is 2.04 bits per heavy atom. The van der Waals surface area contributed by atoms with Crippen molar-refractivity contribution in [3.05, 3.63) is 66.1 Å². The molecule has 6 nitrogen and oxygen atoms in total. The molecular weight excluding hydrogens is 292 g/mol. The van der Waals surface area contributed by atoms with Gasteiger partial charge in [0.25, 0.3) is 5.91 Å². The van der Waals surface area contributed by atoms with Crippen molar-refractivity contribution < 1.29 is 9.90 Å². The van der Waals surface area contributed by atoms with Crippen molar-refractivity contribution in [2.45, 2.75) is 12.5 Å². The molecule has 2 heterocycles. The molecule has 0 aliphatic rings. The molecule has 23 heavy (non-hydrogen) atoms. The minimum atomic E-state index is -0.176. The van der Waals surface area contributed by atoms with Gasteiger partial charge in [-0.1, -0.05) is 30.3 Å². The third-order valence-electron chi connectivity index (χ3n) is 3.91. The first-order valence-electron chi connectivity index (χ1n) is 7.43. The van der Waals surface area contributed by atoms with Gasteiger partial charge >= 0.3 is 0 Å². The lowest BCUT2D eigenvalue weighted by molar-refractivity contribution is 0.0704. The zero-order valence-corrected chi connectivity index (χ0v) is 12.8. The summed E-state index contributed by atoms with van der Waals surface area (Å²) in [6.07, 6.45) is 3.77. The molecule has 118 valence electrons. The molecule has 1 unspecified atom stereocenters. The first-order valence-corrected chi connectivity index (χ1v) is 7.43. The van der Waals surface area contributed by atoms with Gasteiger partial charge in [-0.3, -0.25) is 9.20 Å². The molecule has 0 saturated carbocycles. The molecule has 3 aromatic rings. The summed E-state index contributed by atoms with van der Waals surface area (Å²) in [6.45, 7) is 0.0155. The topological polar surface area (TPSA) is 70.7 Å². The number of carbonyl (C=O) groups is 1. The van der Waals surface area contributed by atoms with Crippen molar-refractivity contribution in [1.29, 1.82) is 0 Å². The average Bonchev–Trinajstić information content (AvgIpc) is 3.07. The second kappa shape index (κ2) is 6.58. The molecule has 6 heteroatoms. The number of aromatic nitrogens is 3. The van der Waals surface area contributed by atoms with E-state index in [1.165, 1.54) is 0 Å². The zero-order valence-electron chi connectivity index (χ0n) is 12.8. The van der Waals surface area contributed by atoms with Crippen LogP contribution in [0.1, 0.15) is 28.4 Å². The van der Waals surface area contributed by atoms with Crippen LogP contribution in [0.25, 0.3) is 5.65 Å². The number of aliphatic hydroxyl groups excluding tert-OH is 1. The van der Waals surface area contributed by atoms with Gasteiger partial charge in [0.2, 0.25) is 0 Å². The van der Waals surface area contributed by atoms with Gasteiger partial charge in [0.1, 0.15) is 6.33 Å². The van der Waals surface area contributed by atoms with Gasteiger partial charge in [-0.25, -0.2) is 0 Å². The Morgan fingerprint density at radius 1 is 1.26 bits per heavy atom. The Morgan fingerprint density at radius 3 is 2.78 bits per heavy atom. The Hall–Kier alpha value is -2.73. The van der Waals surface area contributed by atoms with Crippen molar-refractivity contribution in [1.82, 2.24) is 19.5 Å². The highest BCUT2D eigenvalue weighted by Crippen LogP contribution is 2.24. The zero-order chi connectivity index (χ0) is 16.2. The molecule has 0 spiro atoms. The van der Waals surface area contributed by atoms with Gasteiger partial charge in [0.05, 0.1) is 11.6 Å². The highest BCUT2D eigenvalue weighted by molar-refractivity contribution is 5.94. The summed E-state index contributed by atoms with van der Waals surface area (Å²) in [4.78, 5) is 14.5. The summed E-state index contributed by atoms with van der Waals surface area (Å²) in [5.41, 5.74) is 2.25. The lowest BCUT2D eigenvalue weighted by Crippen LogP contribution is -2.32. The second-order valence-corrected chi connectivity index (χ2v) is 5.37. The predicted octanol–water partition coefficient (Wildman–Crippen LogP) is 1.93. The van der Waals surface area contributed by atoms with E-state index in [9.17, 15) is 9.90 Å². The summed E-state index contributed by atoms with van der Waals surface area (Å²) in [5, 5.41) is 17.1. The number of hydrogen-bond donors (Lipinski definition) is 1. The van der Waals surface area contributed by atoms with Crippen LogP contribution in [-0.4, -0.2) is 44.2 Å². The minimum Gasteiger partial charge on any atom is -0.396 e. The van der Waals surface area contributed by atoms with E-state index in [4.69, 9.17) is 0 Å². The maximum atomic E-state index is 12.8. The molecule has 0 aliphatic heterocycles. The van der Waals surface area contributed by atoms with Crippen molar-refractivity contribution in [2.24, 2.45) is 0 Å². The third-order valence-corrected chi connectivity index (χ3v) is 3.91. The number of benzene rings is 1. The fourth-order valence-electron chi connectivity index (χ4n) is 2.68. The van der Waals surface area contributed by atoms with E-state index in [0.717, 1.165) is 5.56 Å². The lowest BCUT2D eigenvalue weighted by atomic mass is 10.0. The molecule has 0 aliphatic carbocycles.